The number of amides is 1. The molecule has 26 heavy (non-hydrogen) atoms. The van der Waals surface area contributed by atoms with Gasteiger partial charge in [-0.05, 0) is 31.9 Å². The molecule has 1 amide bonds. The van der Waals surface area contributed by atoms with E-state index in [9.17, 15) is 4.79 Å². The van der Waals surface area contributed by atoms with Crippen molar-refractivity contribution in [1.82, 2.24) is 20.1 Å². The molecule has 0 aliphatic rings. The molecular weight excluding hydrogens is 364 g/mol. The Hall–Kier alpha value is -2.12. The number of thioether (sulfide) groups is 1. The monoisotopic (exact) mass is 386 g/mol. The third kappa shape index (κ3) is 4.74. The van der Waals surface area contributed by atoms with Crippen LogP contribution in [0.3, 0.4) is 0 Å². The summed E-state index contributed by atoms with van der Waals surface area (Å²) in [6.07, 6.45) is 0.837. The Bertz CT molecular complexity index is 858. The first-order chi connectivity index (χ1) is 12.7. The second kappa shape index (κ2) is 9.00. The number of aryl methyl sites for hydroxylation is 1. The van der Waals surface area contributed by atoms with Crippen LogP contribution in [0, 0.1) is 6.92 Å². The second-order valence-corrected chi connectivity index (χ2v) is 7.93. The van der Waals surface area contributed by atoms with Crippen molar-refractivity contribution in [3.63, 3.8) is 0 Å². The van der Waals surface area contributed by atoms with Crippen molar-refractivity contribution in [3.05, 3.63) is 52.2 Å². The lowest BCUT2D eigenvalue weighted by atomic mass is 10.1. The molecule has 0 atom stereocenters. The minimum absolute atomic E-state index is 0.0181. The highest BCUT2D eigenvalue weighted by Gasteiger charge is 2.15. The van der Waals surface area contributed by atoms with E-state index >= 15 is 0 Å². The first kappa shape index (κ1) is 18.7. The van der Waals surface area contributed by atoms with Crippen LogP contribution in [0.1, 0.15) is 17.4 Å². The van der Waals surface area contributed by atoms with Crippen molar-refractivity contribution in [2.45, 2.75) is 32.0 Å². The minimum atomic E-state index is 0.0181. The summed E-state index contributed by atoms with van der Waals surface area (Å²) in [4.78, 5) is 13.3. The van der Waals surface area contributed by atoms with Crippen LogP contribution in [0.2, 0.25) is 0 Å². The van der Waals surface area contributed by atoms with Gasteiger partial charge in [-0.15, -0.1) is 21.5 Å². The molecule has 0 radical (unpaired) electrons. The van der Waals surface area contributed by atoms with Gasteiger partial charge in [0.25, 0.3) is 0 Å². The van der Waals surface area contributed by atoms with Gasteiger partial charge in [-0.25, -0.2) is 0 Å². The van der Waals surface area contributed by atoms with Gasteiger partial charge in [0, 0.05) is 28.9 Å². The number of benzene rings is 1. The Balaban J connectivity index is 1.52. The Morgan fingerprint density at radius 2 is 2.08 bits per heavy atom. The lowest BCUT2D eigenvalue weighted by Crippen LogP contribution is -2.27. The maximum absolute atomic E-state index is 12.1. The molecule has 0 aliphatic carbocycles. The van der Waals surface area contributed by atoms with E-state index in [1.165, 1.54) is 22.2 Å². The van der Waals surface area contributed by atoms with E-state index in [2.05, 4.69) is 57.5 Å². The molecule has 1 N–H and O–H groups in total. The highest BCUT2D eigenvalue weighted by atomic mass is 32.2. The summed E-state index contributed by atoms with van der Waals surface area (Å²) in [6, 6.07) is 12.3. The van der Waals surface area contributed by atoms with Crippen LogP contribution in [-0.4, -0.2) is 33.0 Å². The van der Waals surface area contributed by atoms with E-state index in [4.69, 9.17) is 0 Å². The molecule has 3 rings (SSSR count). The molecule has 0 bridgehead atoms. The van der Waals surface area contributed by atoms with Gasteiger partial charge < -0.3 is 9.88 Å². The lowest BCUT2D eigenvalue weighted by Gasteiger charge is -2.07. The highest BCUT2D eigenvalue weighted by Crippen LogP contribution is 2.27. The van der Waals surface area contributed by atoms with Crippen molar-refractivity contribution >= 4 is 29.0 Å². The van der Waals surface area contributed by atoms with Gasteiger partial charge in [-0.3, -0.25) is 4.79 Å². The molecule has 7 heteroatoms. The number of rotatable bonds is 8. The van der Waals surface area contributed by atoms with E-state index in [1.54, 1.807) is 11.3 Å². The van der Waals surface area contributed by atoms with Crippen LogP contribution in [-0.2, 0) is 17.8 Å². The smallest absolute Gasteiger partial charge is 0.230 e. The zero-order valence-corrected chi connectivity index (χ0v) is 16.6. The van der Waals surface area contributed by atoms with Crippen LogP contribution >= 0.6 is 23.1 Å². The average Bonchev–Trinajstić information content (AvgIpc) is 3.26. The molecule has 0 saturated heterocycles. The van der Waals surface area contributed by atoms with Crippen LogP contribution in [0.5, 0.6) is 0 Å². The van der Waals surface area contributed by atoms with Crippen molar-refractivity contribution in [2.24, 2.45) is 0 Å². The summed E-state index contributed by atoms with van der Waals surface area (Å²) in [5.41, 5.74) is 2.31. The summed E-state index contributed by atoms with van der Waals surface area (Å²) in [6.45, 7) is 5.56. The summed E-state index contributed by atoms with van der Waals surface area (Å²) in [5, 5.41) is 14.4. The van der Waals surface area contributed by atoms with Gasteiger partial charge in [0.1, 0.15) is 0 Å². The molecule has 2 heterocycles. The number of thiophene rings is 1. The van der Waals surface area contributed by atoms with Crippen LogP contribution in [0.25, 0.3) is 11.4 Å². The normalized spacial score (nSPS) is 10.8. The Morgan fingerprint density at radius 3 is 2.77 bits per heavy atom. The SMILES string of the molecule is CCn1c(SCC(=O)NCCc2ccccc2)nnc1-c1csc(C)c1. The number of nitrogens with zero attached hydrogens (tertiary/aromatic N) is 3. The molecule has 0 fully saturated rings. The lowest BCUT2D eigenvalue weighted by molar-refractivity contribution is -0.118. The van der Waals surface area contributed by atoms with Crippen LogP contribution in [0.15, 0.2) is 46.9 Å². The summed E-state index contributed by atoms with van der Waals surface area (Å²) < 4.78 is 2.06. The van der Waals surface area contributed by atoms with E-state index in [-0.39, 0.29) is 5.91 Å². The van der Waals surface area contributed by atoms with Crippen molar-refractivity contribution in [1.29, 1.82) is 0 Å². The summed E-state index contributed by atoms with van der Waals surface area (Å²) >= 11 is 3.13. The Morgan fingerprint density at radius 1 is 1.27 bits per heavy atom. The fourth-order valence-corrected chi connectivity index (χ4v) is 4.14. The second-order valence-electron chi connectivity index (χ2n) is 5.87. The number of hydrogen-bond acceptors (Lipinski definition) is 5. The molecule has 5 nitrogen and oxygen atoms in total. The quantitative estimate of drug-likeness (QED) is 0.599. The van der Waals surface area contributed by atoms with Crippen molar-refractivity contribution in [3.8, 4) is 11.4 Å². The standard InChI is InChI=1S/C19H22N4OS2/c1-3-23-18(16-11-14(2)25-12-16)21-22-19(23)26-13-17(24)20-10-9-15-7-5-4-6-8-15/h4-8,11-12H,3,9-10,13H2,1-2H3,(H,20,24). The van der Waals surface area contributed by atoms with Gasteiger partial charge in [-0.1, -0.05) is 42.1 Å². The first-order valence-corrected chi connectivity index (χ1v) is 10.5. The number of nitrogens with one attached hydrogen (secondary N) is 1. The third-order valence-electron chi connectivity index (χ3n) is 3.93. The number of aromatic nitrogens is 3. The molecule has 3 aromatic rings. The van der Waals surface area contributed by atoms with Gasteiger partial charge in [0.15, 0.2) is 11.0 Å². The van der Waals surface area contributed by atoms with Crippen LogP contribution < -0.4 is 5.32 Å². The molecule has 1 aromatic carbocycles. The molecule has 0 spiro atoms. The van der Waals surface area contributed by atoms with Gasteiger partial charge >= 0.3 is 0 Å². The molecule has 0 aliphatic heterocycles. The van der Waals surface area contributed by atoms with E-state index in [0.29, 0.717) is 12.3 Å². The Kier molecular flexibility index (Phi) is 6.46. The van der Waals surface area contributed by atoms with E-state index in [0.717, 1.165) is 29.5 Å². The molecular formula is C19H22N4OS2. The molecule has 136 valence electrons. The minimum Gasteiger partial charge on any atom is -0.355 e. The predicted octanol–water partition coefficient (Wildman–Crippen LogP) is 3.79. The molecule has 2 aromatic heterocycles. The topological polar surface area (TPSA) is 59.8 Å². The van der Waals surface area contributed by atoms with Gasteiger partial charge in [-0.2, -0.15) is 0 Å². The van der Waals surface area contributed by atoms with Gasteiger partial charge in [0.05, 0.1) is 5.75 Å². The maximum atomic E-state index is 12.1. The zero-order chi connectivity index (χ0) is 18.4. The number of carbonyl (C=O) groups excluding carboxylic acids is 1. The fraction of sp³-hybridized carbons (Fsp3) is 0.316. The first-order valence-electron chi connectivity index (χ1n) is 8.59. The highest BCUT2D eigenvalue weighted by molar-refractivity contribution is 7.99. The van der Waals surface area contributed by atoms with Crippen molar-refractivity contribution in [2.75, 3.05) is 12.3 Å². The van der Waals surface area contributed by atoms with Crippen LogP contribution in [0.4, 0.5) is 0 Å². The number of hydrogen-bond donors (Lipinski definition) is 1. The van der Waals surface area contributed by atoms with E-state index in [1.807, 2.05) is 18.2 Å². The number of carbonyl (C=O) groups is 1. The largest absolute Gasteiger partial charge is 0.355 e. The summed E-state index contributed by atoms with van der Waals surface area (Å²) in [5.74, 6) is 1.23. The molecule has 0 unspecified atom stereocenters. The maximum Gasteiger partial charge on any atom is 0.230 e. The molecule has 0 saturated carbocycles. The fourth-order valence-electron chi connectivity index (χ4n) is 2.63. The van der Waals surface area contributed by atoms with Crippen molar-refractivity contribution < 1.29 is 4.79 Å². The summed E-state index contributed by atoms with van der Waals surface area (Å²) in [7, 11) is 0. The van der Waals surface area contributed by atoms with Gasteiger partial charge in [0.2, 0.25) is 5.91 Å². The van der Waals surface area contributed by atoms with E-state index < -0.39 is 0 Å². The predicted molar refractivity (Wildman–Crippen MR) is 108 cm³/mol. The third-order valence-corrected chi connectivity index (χ3v) is 5.76. The zero-order valence-electron chi connectivity index (χ0n) is 14.9. The average molecular weight is 387 g/mol. The Labute approximate surface area is 161 Å².